The van der Waals surface area contributed by atoms with Crippen LogP contribution in [0.4, 0.5) is 11.5 Å². The molecule has 1 aromatic heterocycles. The molecule has 0 amide bonds. The zero-order valence-electron chi connectivity index (χ0n) is 9.82. The first-order chi connectivity index (χ1) is 8.29. The summed E-state index contributed by atoms with van der Waals surface area (Å²) in [7, 11) is 0. The van der Waals surface area contributed by atoms with Crippen molar-refractivity contribution >= 4 is 11.5 Å². The maximum atomic E-state index is 8.80. The molecule has 0 aliphatic carbocycles. The summed E-state index contributed by atoms with van der Waals surface area (Å²) in [5, 5.41) is 20.5. The molecule has 0 bridgehead atoms. The smallest absolute Gasteiger partial charge is 0.150 e. The lowest BCUT2D eigenvalue weighted by molar-refractivity contribution is 0.283. The van der Waals surface area contributed by atoms with Crippen LogP contribution in [-0.2, 0) is 0 Å². The van der Waals surface area contributed by atoms with Crippen LogP contribution < -0.4 is 11.1 Å². The summed E-state index contributed by atoms with van der Waals surface area (Å²) in [5.74, 6) is 0.575. The number of hydrogen-bond acceptors (Lipinski definition) is 5. The highest BCUT2D eigenvalue weighted by Gasteiger charge is 2.04. The van der Waals surface area contributed by atoms with Crippen LogP contribution >= 0.6 is 0 Å². The molecule has 0 saturated heterocycles. The van der Waals surface area contributed by atoms with Crippen molar-refractivity contribution in [3.05, 3.63) is 17.8 Å². The minimum absolute atomic E-state index is 0.256. The van der Waals surface area contributed by atoms with Gasteiger partial charge in [-0.1, -0.05) is 12.8 Å². The van der Waals surface area contributed by atoms with E-state index in [0.717, 1.165) is 32.2 Å². The van der Waals surface area contributed by atoms with E-state index in [4.69, 9.17) is 16.1 Å². The summed E-state index contributed by atoms with van der Waals surface area (Å²) in [6, 6.07) is 3.62. The Labute approximate surface area is 101 Å². The molecule has 0 spiro atoms. The summed E-state index contributed by atoms with van der Waals surface area (Å²) < 4.78 is 0. The van der Waals surface area contributed by atoms with E-state index in [9.17, 15) is 0 Å². The number of anilines is 2. The molecular formula is C12H18N4O. The van der Waals surface area contributed by atoms with Gasteiger partial charge in [0.25, 0.3) is 0 Å². The zero-order valence-corrected chi connectivity index (χ0v) is 9.82. The Morgan fingerprint density at radius 1 is 1.35 bits per heavy atom. The molecule has 1 rings (SSSR count). The number of aliphatic hydroxyl groups excluding tert-OH is 1. The summed E-state index contributed by atoms with van der Waals surface area (Å²) in [6.07, 6.45) is 5.51. The average molecular weight is 234 g/mol. The van der Waals surface area contributed by atoms with Crippen LogP contribution in [0.1, 0.15) is 31.2 Å². The first-order valence-corrected chi connectivity index (χ1v) is 5.79. The molecule has 92 valence electrons. The third-order valence-electron chi connectivity index (χ3n) is 2.49. The van der Waals surface area contributed by atoms with Crippen molar-refractivity contribution in [3.63, 3.8) is 0 Å². The molecule has 4 N–H and O–H groups in total. The summed E-state index contributed by atoms with van der Waals surface area (Å²) in [6.45, 7) is 1.03. The number of unbranched alkanes of at least 4 members (excludes halogenated alkanes) is 3. The van der Waals surface area contributed by atoms with E-state index in [2.05, 4.69) is 10.3 Å². The SMILES string of the molecule is N#Cc1ccnc(NCCCCCCO)c1N. The molecule has 0 aliphatic rings. The molecule has 0 radical (unpaired) electrons. The van der Waals surface area contributed by atoms with Gasteiger partial charge in [-0.15, -0.1) is 0 Å². The number of rotatable bonds is 7. The van der Waals surface area contributed by atoms with Crippen molar-refractivity contribution < 1.29 is 5.11 Å². The fraction of sp³-hybridized carbons (Fsp3) is 0.500. The standard InChI is InChI=1S/C12H18N4O/c13-9-10-5-7-16-12(11(10)14)15-6-3-1-2-4-8-17/h5,7,17H,1-4,6,8,14H2,(H,15,16). The number of nitrogen functional groups attached to an aromatic ring is 1. The van der Waals surface area contributed by atoms with Gasteiger partial charge in [0.1, 0.15) is 6.07 Å². The minimum Gasteiger partial charge on any atom is -0.396 e. The van der Waals surface area contributed by atoms with Gasteiger partial charge in [0.05, 0.1) is 11.3 Å². The number of nitriles is 1. The van der Waals surface area contributed by atoms with Gasteiger partial charge in [0.15, 0.2) is 5.82 Å². The Morgan fingerprint density at radius 2 is 2.12 bits per heavy atom. The fourth-order valence-corrected chi connectivity index (χ4v) is 1.51. The van der Waals surface area contributed by atoms with Gasteiger partial charge in [0, 0.05) is 19.3 Å². The van der Waals surface area contributed by atoms with Crippen molar-refractivity contribution in [2.75, 3.05) is 24.2 Å². The average Bonchev–Trinajstić information content (AvgIpc) is 2.35. The fourth-order valence-electron chi connectivity index (χ4n) is 1.51. The van der Waals surface area contributed by atoms with Crippen molar-refractivity contribution in [3.8, 4) is 6.07 Å². The Bertz CT molecular complexity index is 387. The van der Waals surface area contributed by atoms with Crippen molar-refractivity contribution in [2.24, 2.45) is 0 Å². The lowest BCUT2D eigenvalue weighted by atomic mass is 10.2. The highest BCUT2D eigenvalue weighted by Crippen LogP contribution is 2.18. The number of pyridine rings is 1. The van der Waals surface area contributed by atoms with E-state index in [1.165, 1.54) is 0 Å². The molecule has 0 atom stereocenters. The summed E-state index contributed by atoms with van der Waals surface area (Å²) in [5.41, 5.74) is 6.63. The first-order valence-electron chi connectivity index (χ1n) is 5.79. The highest BCUT2D eigenvalue weighted by atomic mass is 16.2. The molecule has 1 heterocycles. The normalized spacial score (nSPS) is 9.88. The number of aliphatic hydroxyl groups is 1. The molecule has 0 saturated carbocycles. The van der Waals surface area contributed by atoms with E-state index in [0.29, 0.717) is 17.1 Å². The maximum Gasteiger partial charge on any atom is 0.150 e. The van der Waals surface area contributed by atoms with E-state index in [1.54, 1.807) is 12.3 Å². The second-order valence-electron chi connectivity index (χ2n) is 3.80. The number of hydrogen-bond donors (Lipinski definition) is 3. The van der Waals surface area contributed by atoms with Crippen molar-refractivity contribution in [1.82, 2.24) is 4.98 Å². The predicted molar refractivity (Wildman–Crippen MR) is 67.4 cm³/mol. The van der Waals surface area contributed by atoms with Crippen LogP contribution in [0.15, 0.2) is 12.3 Å². The number of nitrogens with zero attached hydrogens (tertiary/aromatic N) is 2. The van der Waals surface area contributed by atoms with Gasteiger partial charge in [-0.25, -0.2) is 4.98 Å². The predicted octanol–water partition coefficient (Wildman–Crippen LogP) is 1.50. The van der Waals surface area contributed by atoms with E-state index in [1.807, 2.05) is 6.07 Å². The van der Waals surface area contributed by atoms with Crippen LogP contribution in [0.2, 0.25) is 0 Å². The molecule has 5 nitrogen and oxygen atoms in total. The van der Waals surface area contributed by atoms with Gasteiger partial charge in [-0.2, -0.15) is 5.26 Å². The zero-order chi connectivity index (χ0) is 12.5. The largest absolute Gasteiger partial charge is 0.396 e. The lowest BCUT2D eigenvalue weighted by Gasteiger charge is -2.08. The molecule has 17 heavy (non-hydrogen) atoms. The molecule has 0 fully saturated rings. The topological polar surface area (TPSA) is 95.0 Å². The summed E-state index contributed by atoms with van der Waals surface area (Å²) in [4.78, 5) is 4.09. The van der Waals surface area contributed by atoms with Gasteiger partial charge < -0.3 is 16.2 Å². The number of nitrogens with two attached hydrogens (primary N) is 1. The molecular weight excluding hydrogens is 216 g/mol. The third-order valence-corrected chi connectivity index (χ3v) is 2.49. The second kappa shape index (κ2) is 7.47. The molecule has 5 heteroatoms. The molecule has 1 aromatic rings. The van der Waals surface area contributed by atoms with E-state index < -0.39 is 0 Å². The lowest BCUT2D eigenvalue weighted by Crippen LogP contribution is -2.07. The molecule has 0 aromatic carbocycles. The van der Waals surface area contributed by atoms with Crippen LogP contribution in [-0.4, -0.2) is 23.2 Å². The van der Waals surface area contributed by atoms with Crippen LogP contribution in [0, 0.1) is 11.3 Å². The van der Waals surface area contributed by atoms with E-state index >= 15 is 0 Å². The van der Waals surface area contributed by atoms with Gasteiger partial charge >= 0.3 is 0 Å². The Kier molecular flexibility index (Phi) is 5.83. The van der Waals surface area contributed by atoms with Crippen molar-refractivity contribution in [1.29, 1.82) is 5.26 Å². The number of nitrogens with one attached hydrogen (secondary N) is 1. The second-order valence-corrected chi connectivity index (χ2v) is 3.80. The first kappa shape index (κ1) is 13.3. The van der Waals surface area contributed by atoms with Gasteiger partial charge in [0.2, 0.25) is 0 Å². The summed E-state index contributed by atoms with van der Waals surface area (Å²) >= 11 is 0. The molecule has 0 unspecified atom stereocenters. The van der Waals surface area contributed by atoms with Gasteiger partial charge in [-0.3, -0.25) is 0 Å². The highest BCUT2D eigenvalue weighted by molar-refractivity contribution is 5.68. The quantitative estimate of drug-likeness (QED) is 0.621. The van der Waals surface area contributed by atoms with Gasteiger partial charge in [-0.05, 0) is 18.9 Å². The minimum atomic E-state index is 0.256. The van der Waals surface area contributed by atoms with Crippen molar-refractivity contribution in [2.45, 2.75) is 25.7 Å². The Balaban J connectivity index is 2.35. The van der Waals surface area contributed by atoms with E-state index in [-0.39, 0.29) is 6.61 Å². The third kappa shape index (κ3) is 4.29. The maximum absolute atomic E-state index is 8.80. The Morgan fingerprint density at radius 3 is 2.82 bits per heavy atom. The van der Waals surface area contributed by atoms with Crippen LogP contribution in [0.3, 0.4) is 0 Å². The Hall–Kier alpha value is -1.80. The molecule has 0 aliphatic heterocycles. The van der Waals surface area contributed by atoms with Crippen LogP contribution in [0.25, 0.3) is 0 Å². The monoisotopic (exact) mass is 234 g/mol. The number of aromatic nitrogens is 1. The van der Waals surface area contributed by atoms with Crippen LogP contribution in [0.5, 0.6) is 0 Å².